The third-order valence-corrected chi connectivity index (χ3v) is 4.69. The number of ether oxygens (including phenoxy) is 1. The third kappa shape index (κ3) is 4.06. The van der Waals surface area contributed by atoms with Gasteiger partial charge in [0, 0.05) is 43.2 Å². The predicted octanol–water partition coefficient (Wildman–Crippen LogP) is 3.35. The number of carbonyl (C=O) groups excluding carboxylic acids is 1. The van der Waals surface area contributed by atoms with Gasteiger partial charge in [-0.05, 0) is 24.5 Å². The maximum atomic E-state index is 11.4. The summed E-state index contributed by atoms with van der Waals surface area (Å²) in [6.07, 6.45) is 0.942. The Kier molecular flexibility index (Phi) is 5.95. The molecule has 1 N–H and O–H groups in total. The van der Waals surface area contributed by atoms with Crippen LogP contribution in [-0.2, 0) is 11.3 Å². The van der Waals surface area contributed by atoms with Crippen LogP contribution in [0.3, 0.4) is 0 Å². The van der Waals surface area contributed by atoms with Gasteiger partial charge in [-0.3, -0.25) is 4.79 Å². The first-order valence-corrected chi connectivity index (χ1v) is 8.18. The summed E-state index contributed by atoms with van der Waals surface area (Å²) < 4.78 is 5.36. The number of amides is 1. The lowest BCUT2D eigenvalue weighted by Gasteiger charge is -2.37. The van der Waals surface area contributed by atoms with E-state index in [2.05, 4.69) is 12.2 Å². The Morgan fingerprint density at radius 2 is 2.18 bits per heavy atom. The highest BCUT2D eigenvalue weighted by Gasteiger charge is 2.27. The van der Waals surface area contributed by atoms with Gasteiger partial charge in [0.15, 0.2) is 0 Å². The Labute approximate surface area is 141 Å². The molecule has 0 aromatic heterocycles. The Morgan fingerprint density at radius 1 is 1.45 bits per heavy atom. The summed E-state index contributed by atoms with van der Waals surface area (Å²) in [6.45, 7) is 6.01. The first-order chi connectivity index (χ1) is 10.4. The monoisotopic (exact) mass is 344 g/mol. The van der Waals surface area contributed by atoms with Crippen molar-refractivity contribution >= 4 is 29.1 Å². The molecule has 122 valence electrons. The van der Waals surface area contributed by atoms with Gasteiger partial charge in [0.1, 0.15) is 5.75 Å². The van der Waals surface area contributed by atoms with E-state index >= 15 is 0 Å². The standard InChI is InChI=1S/C16H22Cl2N2O2/c1-10-9-20(11(2)21)5-4-15(10)19-8-12-6-13(17)7-14(18)16(12)22-3/h6-7,10,15,19H,4-5,8-9H2,1-3H3/t10-,15-/m0/s1. The molecule has 1 aromatic rings. The fourth-order valence-electron chi connectivity index (χ4n) is 2.95. The summed E-state index contributed by atoms with van der Waals surface area (Å²) in [5, 5.41) is 4.66. The highest BCUT2D eigenvalue weighted by atomic mass is 35.5. The average molecular weight is 345 g/mol. The minimum atomic E-state index is 0.147. The van der Waals surface area contributed by atoms with Crippen LogP contribution in [0.1, 0.15) is 25.8 Å². The number of halogens is 2. The van der Waals surface area contributed by atoms with Crippen LogP contribution < -0.4 is 10.1 Å². The van der Waals surface area contributed by atoms with Crippen molar-refractivity contribution in [3.05, 3.63) is 27.7 Å². The molecule has 1 aliphatic rings. The molecule has 2 rings (SSSR count). The van der Waals surface area contributed by atoms with Crippen LogP contribution >= 0.6 is 23.2 Å². The lowest BCUT2D eigenvalue weighted by molar-refractivity contribution is -0.130. The van der Waals surface area contributed by atoms with E-state index in [0.717, 1.165) is 25.1 Å². The van der Waals surface area contributed by atoms with Crippen LogP contribution in [0.2, 0.25) is 10.0 Å². The van der Waals surface area contributed by atoms with Gasteiger partial charge in [0.05, 0.1) is 12.1 Å². The summed E-state index contributed by atoms with van der Waals surface area (Å²) in [5.41, 5.74) is 0.946. The van der Waals surface area contributed by atoms with E-state index in [1.54, 1.807) is 20.1 Å². The number of hydrogen-bond acceptors (Lipinski definition) is 3. The van der Waals surface area contributed by atoms with E-state index < -0.39 is 0 Å². The summed E-state index contributed by atoms with van der Waals surface area (Å²) >= 11 is 12.2. The van der Waals surface area contributed by atoms with Crippen molar-refractivity contribution in [3.8, 4) is 5.75 Å². The number of methoxy groups -OCH3 is 1. The van der Waals surface area contributed by atoms with E-state index in [1.165, 1.54) is 0 Å². The number of nitrogens with one attached hydrogen (secondary N) is 1. The second-order valence-corrected chi connectivity index (χ2v) is 6.64. The van der Waals surface area contributed by atoms with Gasteiger partial charge in [0.2, 0.25) is 5.91 Å². The van der Waals surface area contributed by atoms with Gasteiger partial charge >= 0.3 is 0 Å². The molecular weight excluding hydrogens is 323 g/mol. The molecule has 0 spiro atoms. The third-order valence-electron chi connectivity index (χ3n) is 4.19. The molecule has 0 unspecified atom stereocenters. The SMILES string of the molecule is COc1c(Cl)cc(Cl)cc1CN[C@H]1CCN(C(C)=O)C[C@@H]1C. The zero-order valence-electron chi connectivity index (χ0n) is 13.2. The second-order valence-electron chi connectivity index (χ2n) is 5.80. The molecule has 6 heteroatoms. The first-order valence-electron chi connectivity index (χ1n) is 7.43. The normalized spacial score (nSPS) is 21.8. The predicted molar refractivity (Wildman–Crippen MR) is 89.7 cm³/mol. The number of carbonyl (C=O) groups is 1. The summed E-state index contributed by atoms with van der Waals surface area (Å²) in [7, 11) is 1.60. The van der Waals surface area contributed by atoms with Crippen LogP contribution in [-0.4, -0.2) is 37.0 Å². The van der Waals surface area contributed by atoms with Gasteiger partial charge < -0.3 is 15.0 Å². The first kappa shape index (κ1) is 17.4. The van der Waals surface area contributed by atoms with Crippen molar-refractivity contribution in [2.24, 2.45) is 5.92 Å². The van der Waals surface area contributed by atoms with Gasteiger partial charge in [-0.15, -0.1) is 0 Å². The Bertz CT molecular complexity index is 551. The molecule has 1 saturated heterocycles. The van der Waals surface area contributed by atoms with Crippen LogP contribution in [0.15, 0.2) is 12.1 Å². The molecule has 0 radical (unpaired) electrons. The van der Waals surface area contributed by atoms with Crippen LogP contribution in [0, 0.1) is 5.92 Å². The Hall–Kier alpha value is -0.970. The van der Waals surface area contributed by atoms with E-state index in [1.807, 2.05) is 11.0 Å². The van der Waals surface area contributed by atoms with Gasteiger partial charge in [-0.25, -0.2) is 0 Å². The molecular formula is C16H22Cl2N2O2. The van der Waals surface area contributed by atoms with Crippen molar-refractivity contribution in [1.82, 2.24) is 10.2 Å². The Balaban J connectivity index is 2.00. The van der Waals surface area contributed by atoms with Gasteiger partial charge in [0.25, 0.3) is 0 Å². The number of benzene rings is 1. The number of rotatable bonds is 4. The summed E-state index contributed by atoms with van der Waals surface area (Å²) in [6, 6.07) is 3.91. The number of nitrogens with zero attached hydrogens (tertiary/aromatic N) is 1. The molecule has 1 amide bonds. The fourth-order valence-corrected chi connectivity index (χ4v) is 3.56. The maximum Gasteiger partial charge on any atom is 0.219 e. The molecule has 1 fully saturated rings. The average Bonchev–Trinajstić information content (AvgIpc) is 2.45. The largest absolute Gasteiger partial charge is 0.495 e. The van der Waals surface area contributed by atoms with E-state index in [4.69, 9.17) is 27.9 Å². The Morgan fingerprint density at radius 3 is 2.77 bits per heavy atom. The van der Waals surface area contributed by atoms with E-state index in [0.29, 0.717) is 34.3 Å². The van der Waals surface area contributed by atoms with Crippen LogP contribution in [0.25, 0.3) is 0 Å². The molecule has 22 heavy (non-hydrogen) atoms. The number of hydrogen-bond donors (Lipinski definition) is 1. The van der Waals surface area contributed by atoms with Crippen molar-refractivity contribution < 1.29 is 9.53 Å². The molecule has 2 atom stereocenters. The van der Waals surface area contributed by atoms with Gasteiger partial charge in [-0.2, -0.15) is 0 Å². The molecule has 0 aliphatic carbocycles. The van der Waals surface area contributed by atoms with Gasteiger partial charge in [-0.1, -0.05) is 30.1 Å². The number of likely N-dealkylation sites (tertiary alicyclic amines) is 1. The van der Waals surface area contributed by atoms with Crippen LogP contribution in [0.5, 0.6) is 5.75 Å². The van der Waals surface area contributed by atoms with Crippen LogP contribution in [0.4, 0.5) is 0 Å². The molecule has 1 aliphatic heterocycles. The molecule has 0 bridgehead atoms. The number of piperidine rings is 1. The second kappa shape index (κ2) is 7.53. The molecule has 1 heterocycles. The highest BCUT2D eigenvalue weighted by molar-refractivity contribution is 6.35. The topological polar surface area (TPSA) is 41.6 Å². The van der Waals surface area contributed by atoms with E-state index in [-0.39, 0.29) is 5.91 Å². The van der Waals surface area contributed by atoms with Crippen molar-refractivity contribution in [2.75, 3.05) is 20.2 Å². The van der Waals surface area contributed by atoms with E-state index in [9.17, 15) is 4.79 Å². The summed E-state index contributed by atoms with van der Waals surface area (Å²) in [5.74, 6) is 1.21. The zero-order valence-corrected chi connectivity index (χ0v) is 14.7. The maximum absolute atomic E-state index is 11.4. The minimum Gasteiger partial charge on any atom is -0.495 e. The lowest BCUT2D eigenvalue weighted by atomic mass is 9.93. The van der Waals surface area contributed by atoms with Crippen molar-refractivity contribution in [1.29, 1.82) is 0 Å². The van der Waals surface area contributed by atoms with Crippen molar-refractivity contribution in [3.63, 3.8) is 0 Å². The van der Waals surface area contributed by atoms with Crippen molar-refractivity contribution in [2.45, 2.75) is 32.9 Å². The lowest BCUT2D eigenvalue weighted by Crippen LogP contribution is -2.49. The molecule has 0 saturated carbocycles. The zero-order chi connectivity index (χ0) is 16.3. The fraction of sp³-hybridized carbons (Fsp3) is 0.562. The molecule has 1 aromatic carbocycles. The minimum absolute atomic E-state index is 0.147. The molecule has 4 nitrogen and oxygen atoms in total. The highest BCUT2D eigenvalue weighted by Crippen LogP contribution is 2.32. The smallest absolute Gasteiger partial charge is 0.219 e. The summed E-state index contributed by atoms with van der Waals surface area (Å²) in [4.78, 5) is 13.4. The quantitative estimate of drug-likeness (QED) is 0.910.